The van der Waals surface area contributed by atoms with Gasteiger partial charge < -0.3 is 10.1 Å². The number of ketones is 1. The van der Waals surface area contributed by atoms with Crippen LogP contribution in [0.3, 0.4) is 0 Å². The third-order valence-electron chi connectivity index (χ3n) is 5.01. The zero-order chi connectivity index (χ0) is 15.3. The molecule has 1 aliphatic carbocycles. The molecule has 0 spiro atoms. The van der Waals surface area contributed by atoms with E-state index in [1.54, 1.807) is 6.92 Å². The lowest BCUT2D eigenvalue weighted by atomic mass is 9.65. The van der Waals surface area contributed by atoms with Gasteiger partial charge in [-0.2, -0.15) is 0 Å². The molecule has 0 aromatic carbocycles. The number of Topliss-reactive ketones (excluding diaryl/α,β-unsaturated/α-hetero) is 1. The maximum atomic E-state index is 12.9. The highest BCUT2D eigenvalue weighted by atomic mass is 35.5. The van der Waals surface area contributed by atoms with E-state index in [1.165, 1.54) is 0 Å². The van der Waals surface area contributed by atoms with E-state index in [0.717, 1.165) is 12.8 Å². The smallest absolute Gasteiger partial charge is 0.344 e. The number of hydrogen-bond acceptors (Lipinski definition) is 4. The maximum Gasteiger partial charge on any atom is 0.344 e. The molecule has 2 saturated heterocycles. The van der Waals surface area contributed by atoms with Crippen molar-refractivity contribution in [3.05, 3.63) is 12.2 Å². The fourth-order valence-electron chi connectivity index (χ4n) is 3.76. The van der Waals surface area contributed by atoms with Crippen molar-refractivity contribution in [2.45, 2.75) is 43.7 Å². The summed E-state index contributed by atoms with van der Waals surface area (Å²) in [6, 6.07) is 0. The van der Waals surface area contributed by atoms with Gasteiger partial charge in [-0.15, -0.1) is 11.6 Å². The molecule has 21 heavy (non-hydrogen) atoms. The van der Waals surface area contributed by atoms with E-state index in [-0.39, 0.29) is 23.5 Å². The van der Waals surface area contributed by atoms with Crippen molar-refractivity contribution in [1.29, 1.82) is 0 Å². The fourth-order valence-corrected chi connectivity index (χ4v) is 3.98. The van der Waals surface area contributed by atoms with Crippen LogP contribution in [0.5, 0.6) is 0 Å². The number of carbonyl (C=O) groups is 3. The highest BCUT2D eigenvalue weighted by Crippen LogP contribution is 2.51. The number of amides is 1. The summed E-state index contributed by atoms with van der Waals surface area (Å²) in [6.45, 7) is 1.66. The number of allylic oxidation sites excluding steroid dienone is 2. The topological polar surface area (TPSA) is 72.5 Å². The van der Waals surface area contributed by atoms with Crippen molar-refractivity contribution < 1.29 is 19.1 Å². The van der Waals surface area contributed by atoms with Gasteiger partial charge in [0.05, 0.1) is 5.92 Å². The number of halogens is 1. The molecule has 3 aliphatic rings. The van der Waals surface area contributed by atoms with Crippen LogP contribution in [0.25, 0.3) is 0 Å². The maximum absolute atomic E-state index is 12.9. The van der Waals surface area contributed by atoms with E-state index >= 15 is 0 Å². The van der Waals surface area contributed by atoms with Gasteiger partial charge in [0.25, 0.3) is 0 Å². The van der Waals surface area contributed by atoms with E-state index in [2.05, 4.69) is 5.32 Å². The predicted molar refractivity (Wildman–Crippen MR) is 75.7 cm³/mol. The minimum absolute atomic E-state index is 0.248. The van der Waals surface area contributed by atoms with Gasteiger partial charge in [0, 0.05) is 11.8 Å². The van der Waals surface area contributed by atoms with E-state index < -0.39 is 23.0 Å². The minimum Gasteiger partial charge on any atom is -0.453 e. The molecule has 0 aromatic heterocycles. The normalized spacial score (nSPS) is 41.0. The number of carbonyl (C=O) groups excluding carboxylic acids is 3. The molecular formula is C15H18ClNO4. The lowest BCUT2D eigenvalue weighted by molar-refractivity contribution is -0.218. The number of fused-ring (bicyclic) bond motifs is 1. The molecule has 6 heteroatoms. The van der Waals surface area contributed by atoms with E-state index in [1.807, 2.05) is 12.2 Å². The van der Waals surface area contributed by atoms with Crippen LogP contribution in [0, 0.1) is 11.8 Å². The number of ether oxygens (including phenoxy) is 1. The monoisotopic (exact) mass is 311 g/mol. The van der Waals surface area contributed by atoms with Crippen molar-refractivity contribution in [2.24, 2.45) is 11.8 Å². The van der Waals surface area contributed by atoms with Crippen LogP contribution in [0.2, 0.25) is 0 Å². The molecule has 1 N–H and O–H groups in total. The molecule has 0 unspecified atom stereocenters. The zero-order valence-corrected chi connectivity index (χ0v) is 12.6. The Labute approximate surface area is 128 Å². The Morgan fingerprint density at radius 1 is 1.52 bits per heavy atom. The van der Waals surface area contributed by atoms with Gasteiger partial charge in [0.1, 0.15) is 0 Å². The molecule has 2 heterocycles. The van der Waals surface area contributed by atoms with Gasteiger partial charge >= 0.3 is 5.97 Å². The predicted octanol–water partition coefficient (Wildman–Crippen LogP) is 1.34. The van der Waals surface area contributed by atoms with Gasteiger partial charge in [0.15, 0.2) is 11.4 Å². The summed E-state index contributed by atoms with van der Waals surface area (Å²) < 4.78 is 5.28. The second-order valence-electron chi connectivity index (χ2n) is 6.10. The molecule has 3 rings (SSSR count). The number of rotatable bonds is 4. The molecule has 4 atom stereocenters. The first-order chi connectivity index (χ1) is 9.97. The number of hydrogen-bond donors (Lipinski definition) is 1. The van der Waals surface area contributed by atoms with Crippen LogP contribution in [0.15, 0.2) is 12.2 Å². The lowest BCUT2D eigenvalue weighted by Gasteiger charge is -2.50. The summed E-state index contributed by atoms with van der Waals surface area (Å²) in [5, 5.41) is 2.63. The van der Waals surface area contributed by atoms with Crippen molar-refractivity contribution >= 4 is 29.3 Å². The highest BCUT2D eigenvalue weighted by molar-refractivity contribution is 6.21. The first-order valence-electron chi connectivity index (χ1n) is 7.30. The Kier molecular flexibility index (Phi) is 3.35. The molecule has 0 saturated carbocycles. The van der Waals surface area contributed by atoms with Crippen molar-refractivity contribution in [3.63, 3.8) is 0 Å². The zero-order valence-electron chi connectivity index (χ0n) is 11.9. The Bertz CT molecular complexity index is 546. The molecule has 0 bridgehead atoms. The number of alkyl halides is 1. The summed E-state index contributed by atoms with van der Waals surface area (Å²) in [5.41, 5.74) is -2.63. The van der Waals surface area contributed by atoms with Gasteiger partial charge in [-0.1, -0.05) is 12.2 Å². The van der Waals surface area contributed by atoms with Gasteiger partial charge in [0.2, 0.25) is 11.4 Å². The second kappa shape index (κ2) is 4.83. The number of esters is 1. The summed E-state index contributed by atoms with van der Waals surface area (Å²) in [7, 11) is 0. The molecular weight excluding hydrogens is 294 g/mol. The summed E-state index contributed by atoms with van der Waals surface area (Å²) in [5.74, 6) is -1.83. The SMILES string of the molecule is C[C@]12OC(=O)[C@@]1(C(=O)[C@H]1C=CCCC1)NC(=O)[C@H]2CCCl. The number of nitrogens with one attached hydrogen (secondary N) is 1. The van der Waals surface area contributed by atoms with Gasteiger partial charge in [-0.3, -0.25) is 9.59 Å². The molecule has 5 nitrogen and oxygen atoms in total. The van der Waals surface area contributed by atoms with Crippen LogP contribution in [-0.4, -0.2) is 34.7 Å². The van der Waals surface area contributed by atoms with Crippen LogP contribution in [-0.2, 0) is 19.1 Å². The summed E-state index contributed by atoms with van der Waals surface area (Å²) in [4.78, 5) is 37.2. The molecule has 0 aromatic rings. The Hall–Kier alpha value is -1.36. The quantitative estimate of drug-likeness (QED) is 0.368. The van der Waals surface area contributed by atoms with Crippen molar-refractivity contribution in [1.82, 2.24) is 5.32 Å². The molecule has 0 radical (unpaired) electrons. The first-order valence-corrected chi connectivity index (χ1v) is 7.83. The van der Waals surface area contributed by atoms with Crippen molar-refractivity contribution in [3.8, 4) is 0 Å². The Morgan fingerprint density at radius 3 is 2.86 bits per heavy atom. The fraction of sp³-hybridized carbons (Fsp3) is 0.667. The third kappa shape index (κ3) is 1.73. The summed E-state index contributed by atoms with van der Waals surface area (Å²) >= 11 is 5.74. The molecule has 2 aliphatic heterocycles. The second-order valence-corrected chi connectivity index (χ2v) is 6.47. The molecule has 114 valence electrons. The Morgan fingerprint density at radius 2 is 2.29 bits per heavy atom. The minimum atomic E-state index is -1.52. The van der Waals surface area contributed by atoms with Crippen LogP contribution in [0.1, 0.15) is 32.6 Å². The standard InChI is InChI=1S/C15H18ClNO4/c1-14-10(7-8-16)12(19)17-15(14,13(20)21-14)11(18)9-5-3-2-4-6-9/h3,5,9-10H,2,4,6-8H2,1H3,(H,17,19)/t9-,10+,14+,15+/m0/s1. The van der Waals surface area contributed by atoms with E-state index in [9.17, 15) is 14.4 Å². The average Bonchev–Trinajstić information content (AvgIpc) is 2.65. The van der Waals surface area contributed by atoms with Gasteiger partial charge in [-0.05, 0) is 32.6 Å². The van der Waals surface area contributed by atoms with Crippen LogP contribution < -0.4 is 5.32 Å². The largest absolute Gasteiger partial charge is 0.453 e. The highest BCUT2D eigenvalue weighted by Gasteiger charge is 2.79. The molecule has 1 amide bonds. The summed E-state index contributed by atoms with van der Waals surface area (Å²) in [6.07, 6.45) is 6.74. The lowest BCUT2D eigenvalue weighted by Crippen LogP contribution is -2.78. The molecule has 2 fully saturated rings. The van der Waals surface area contributed by atoms with E-state index in [0.29, 0.717) is 12.8 Å². The Balaban J connectivity index is 1.96. The first kappa shape index (κ1) is 14.6. The third-order valence-corrected chi connectivity index (χ3v) is 5.22. The van der Waals surface area contributed by atoms with E-state index in [4.69, 9.17) is 16.3 Å². The van der Waals surface area contributed by atoms with Crippen molar-refractivity contribution in [2.75, 3.05) is 5.88 Å². The average molecular weight is 312 g/mol. The van der Waals surface area contributed by atoms with Crippen LogP contribution in [0.4, 0.5) is 0 Å². The van der Waals surface area contributed by atoms with Gasteiger partial charge in [-0.25, -0.2) is 4.79 Å². The van der Waals surface area contributed by atoms with Crippen LogP contribution >= 0.6 is 11.6 Å².